The number of ketones is 2. The third kappa shape index (κ3) is 23.1. The predicted octanol–water partition coefficient (Wildman–Crippen LogP) is 10.3. The Kier molecular flexibility index (Phi) is 30.7. The van der Waals surface area contributed by atoms with Crippen LogP contribution in [0.4, 0.5) is 0 Å². The Morgan fingerprint density at radius 3 is 1.07 bits per heavy atom. The van der Waals surface area contributed by atoms with E-state index in [1.54, 1.807) is 0 Å². The largest absolute Gasteiger partial charge is 0.394 e. The lowest BCUT2D eigenvalue weighted by molar-refractivity contribution is -0.166. The highest BCUT2D eigenvalue weighted by molar-refractivity contribution is 6.10. The molecule has 0 rings (SSSR count). The maximum atomic E-state index is 12.8. The number of hydrogen-bond acceptors (Lipinski definition) is 5. The van der Waals surface area contributed by atoms with E-state index in [1.807, 2.05) is 0 Å². The van der Waals surface area contributed by atoms with Gasteiger partial charge in [-0.05, 0) is 64.2 Å². The molecule has 258 valence electrons. The highest BCUT2D eigenvalue weighted by atomic mass is 16.4. The first-order valence-corrected chi connectivity index (χ1v) is 18.8. The van der Waals surface area contributed by atoms with Crippen molar-refractivity contribution < 1.29 is 24.9 Å². The zero-order valence-electron chi connectivity index (χ0n) is 29.1. The molecule has 0 aliphatic rings. The normalized spacial score (nSPS) is 12.9. The van der Waals surface area contributed by atoms with Crippen LogP contribution in [0.3, 0.4) is 0 Å². The van der Waals surface area contributed by atoms with Crippen molar-refractivity contribution in [3.05, 3.63) is 24.3 Å². The summed E-state index contributed by atoms with van der Waals surface area (Å²) >= 11 is 0. The van der Waals surface area contributed by atoms with Crippen LogP contribution in [-0.4, -0.2) is 45.2 Å². The van der Waals surface area contributed by atoms with E-state index in [4.69, 9.17) is 0 Å². The number of allylic oxidation sites excluding steroid dienone is 4. The first-order chi connectivity index (χ1) is 21.4. The Hall–Kier alpha value is -1.30. The van der Waals surface area contributed by atoms with Crippen LogP contribution in [0, 0.1) is 0 Å². The second kappa shape index (κ2) is 31.7. The maximum absolute atomic E-state index is 12.8. The van der Waals surface area contributed by atoms with Gasteiger partial charge in [-0.15, -0.1) is 0 Å². The molecule has 0 heterocycles. The van der Waals surface area contributed by atoms with E-state index in [0.29, 0.717) is 12.8 Å². The van der Waals surface area contributed by atoms with E-state index in [2.05, 4.69) is 38.2 Å². The third-order valence-electron chi connectivity index (χ3n) is 8.84. The van der Waals surface area contributed by atoms with Crippen LogP contribution in [0.15, 0.2) is 24.3 Å². The average molecular weight is 621 g/mol. The van der Waals surface area contributed by atoms with Crippen molar-refractivity contribution in [2.45, 2.75) is 205 Å². The molecular formula is C39H72O5. The molecule has 0 aliphatic carbocycles. The Bertz CT molecular complexity index is 661. The number of carbonyl (C=O) groups is 2. The number of rotatable bonds is 34. The minimum atomic E-state index is -2.49. The van der Waals surface area contributed by atoms with Gasteiger partial charge < -0.3 is 15.3 Å². The predicted molar refractivity (Wildman–Crippen MR) is 187 cm³/mol. The standard InChI is InChI=1S/C39H72O5/c1-3-5-7-9-11-13-15-17-19-21-23-25-27-29-31-33-36(41)39(44,38(43)35-40)37(42)34-32-30-28-26-24-22-20-18-16-14-12-10-8-6-4-2/h17-20,38,40,43-44H,3-16,21-35H2,1-2H3/b19-17+,20-18+. The Morgan fingerprint density at radius 2 is 0.773 bits per heavy atom. The smallest absolute Gasteiger partial charge is 0.209 e. The lowest BCUT2D eigenvalue weighted by Crippen LogP contribution is -2.57. The van der Waals surface area contributed by atoms with Gasteiger partial charge in [0.05, 0.1) is 6.61 Å². The quantitative estimate of drug-likeness (QED) is 0.0378. The number of aliphatic hydroxyl groups excluding tert-OH is 2. The summed E-state index contributed by atoms with van der Waals surface area (Å²) < 4.78 is 0. The maximum Gasteiger partial charge on any atom is 0.209 e. The van der Waals surface area contributed by atoms with E-state index >= 15 is 0 Å². The molecule has 5 nitrogen and oxygen atoms in total. The van der Waals surface area contributed by atoms with E-state index in [-0.39, 0.29) is 12.8 Å². The SMILES string of the molecule is CCCCCCCC/C=C/CCCCCCCC(=O)C(O)(C(=O)CCCCCCC/C=C/CCCCCCCC)C(O)CO. The van der Waals surface area contributed by atoms with Crippen LogP contribution < -0.4 is 0 Å². The van der Waals surface area contributed by atoms with Crippen LogP contribution in [0.5, 0.6) is 0 Å². The van der Waals surface area contributed by atoms with Gasteiger partial charge in [-0.1, -0.05) is 141 Å². The fourth-order valence-electron chi connectivity index (χ4n) is 5.75. The molecular weight excluding hydrogens is 548 g/mol. The lowest BCUT2D eigenvalue weighted by atomic mass is 9.82. The molecule has 0 fully saturated rings. The second-order valence-electron chi connectivity index (χ2n) is 13.0. The van der Waals surface area contributed by atoms with E-state index in [0.717, 1.165) is 64.2 Å². The number of carbonyl (C=O) groups excluding carboxylic acids is 2. The van der Waals surface area contributed by atoms with Gasteiger partial charge in [0, 0.05) is 12.8 Å². The van der Waals surface area contributed by atoms with Crippen molar-refractivity contribution in [2.24, 2.45) is 0 Å². The summed E-state index contributed by atoms with van der Waals surface area (Å²) in [5.74, 6) is -1.32. The van der Waals surface area contributed by atoms with Crippen LogP contribution in [0.1, 0.15) is 194 Å². The van der Waals surface area contributed by atoms with Crippen molar-refractivity contribution in [3.8, 4) is 0 Å². The molecule has 0 amide bonds. The molecule has 0 bridgehead atoms. The fraction of sp³-hybridized carbons (Fsp3) is 0.846. The molecule has 44 heavy (non-hydrogen) atoms. The van der Waals surface area contributed by atoms with Crippen LogP contribution in [-0.2, 0) is 9.59 Å². The second-order valence-corrected chi connectivity index (χ2v) is 13.0. The van der Waals surface area contributed by atoms with Gasteiger partial charge in [-0.2, -0.15) is 0 Å². The molecule has 0 spiro atoms. The molecule has 1 atom stereocenters. The summed E-state index contributed by atoms with van der Waals surface area (Å²) in [7, 11) is 0. The molecule has 0 aromatic carbocycles. The minimum Gasteiger partial charge on any atom is -0.394 e. The zero-order chi connectivity index (χ0) is 32.6. The Balaban J connectivity index is 4.02. The molecule has 0 aromatic heterocycles. The summed E-state index contributed by atoms with van der Waals surface area (Å²) in [6.45, 7) is 3.68. The fourth-order valence-corrected chi connectivity index (χ4v) is 5.75. The number of aliphatic hydroxyl groups is 3. The van der Waals surface area contributed by atoms with E-state index < -0.39 is 29.9 Å². The highest BCUT2D eigenvalue weighted by Gasteiger charge is 2.48. The summed E-state index contributed by atoms with van der Waals surface area (Å²) in [5.41, 5.74) is -2.49. The number of Topliss-reactive ketones (excluding diaryl/α,β-unsaturated/α-hetero) is 2. The summed E-state index contributed by atoms with van der Waals surface area (Å²) in [6.07, 6.45) is 37.3. The van der Waals surface area contributed by atoms with Gasteiger partial charge in [-0.25, -0.2) is 0 Å². The molecule has 0 aliphatic heterocycles. The molecule has 5 heteroatoms. The molecule has 0 radical (unpaired) electrons. The molecule has 3 N–H and O–H groups in total. The van der Waals surface area contributed by atoms with Gasteiger partial charge in [-0.3, -0.25) is 9.59 Å². The van der Waals surface area contributed by atoms with Crippen molar-refractivity contribution in [1.82, 2.24) is 0 Å². The van der Waals surface area contributed by atoms with Crippen molar-refractivity contribution in [2.75, 3.05) is 6.61 Å². The monoisotopic (exact) mass is 621 g/mol. The topological polar surface area (TPSA) is 94.8 Å². The van der Waals surface area contributed by atoms with Crippen LogP contribution in [0.2, 0.25) is 0 Å². The summed E-state index contributed by atoms with van der Waals surface area (Å²) in [4.78, 5) is 25.7. The van der Waals surface area contributed by atoms with Crippen molar-refractivity contribution >= 4 is 11.6 Å². The molecule has 1 unspecified atom stereocenters. The molecule has 0 saturated carbocycles. The molecule has 0 saturated heterocycles. The van der Waals surface area contributed by atoms with Gasteiger partial charge in [0.1, 0.15) is 6.10 Å². The summed E-state index contributed by atoms with van der Waals surface area (Å²) in [5, 5.41) is 30.6. The van der Waals surface area contributed by atoms with Crippen molar-refractivity contribution in [1.29, 1.82) is 0 Å². The zero-order valence-corrected chi connectivity index (χ0v) is 29.1. The van der Waals surface area contributed by atoms with E-state index in [9.17, 15) is 24.9 Å². The van der Waals surface area contributed by atoms with Gasteiger partial charge in [0.2, 0.25) is 5.60 Å². The third-order valence-corrected chi connectivity index (χ3v) is 8.84. The number of hydrogen-bond donors (Lipinski definition) is 3. The Labute approximate surface area is 272 Å². The van der Waals surface area contributed by atoms with Crippen LogP contribution in [0.25, 0.3) is 0 Å². The Morgan fingerprint density at radius 1 is 0.500 bits per heavy atom. The van der Waals surface area contributed by atoms with Gasteiger partial charge in [0.25, 0.3) is 0 Å². The lowest BCUT2D eigenvalue weighted by Gasteiger charge is -2.29. The average Bonchev–Trinajstić information content (AvgIpc) is 3.03. The van der Waals surface area contributed by atoms with E-state index in [1.165, 1.54) is 89.9 Å². The minimum absolute atomic E-state index is 0.0455. The van der Waals surface area contributed by atoms with Crippen LogP contribution >= 0.6 is 0 Å². The van der Waals surface area contributed by atoms with Crippen molar-refractivity contribution in [3.63, 3.8) is 0 Å². The number of unbranched alkanes of at least 4 members (excludes halogenated alkanes) is 22. The first-order valence-electron chi connectivity index (χ1n) is 18.8. The molecule has 0 aromatic rings. The highest BCUT2D eigenvalue weighted by Crippen LogP contribution is 2.22. The first kappa shape index (κ1) is 42.7. The van der Waals surface area contributed by atoms with Gasteiger partial charge >= 0.3 is 0 Å². The van der Waals surface area contributed by atoms with Gasteiger partial charge in [0.15, 0.2) is 11.6 Å². The summed E-state index contributed by atoms with van der Waals surface area (Å²) in [6, 6.07) is 0.